The standard InChI is InChI=1S/C3H6O.O3S/c1-2-4-3-1;1-4(2)3/h1-3H2;. The van der Waals surface area contributed by atoms with Crippen molar-refractivity contribution in [3.05, 3.63) is 0 Å². The molecule has 1 rings (SSSR count). The lowest BCUT2D eigenvalue weighted by molar-refractivity contribution is 0.0367. The quantitative estimate of drug-likeness (QED) is 0.448. The molecule has 0 unspecified atom stereocenters. The van der Waals surface area contributed by atoms with E-state index in [-0.39, 0.29) is 0 Å². The van der Waals surface area contributed by atoms with Gasteiger partial charge in [-0.25, -0.2) is 0 Å². The summed E-state index contributed by atoms with van der Waals surface area (Å²) in [7, 11) is -3.11. The third-order valence-corrected chi connectivity index (χ3v) is 0.577. The first kappa shape index (κ1) is 7.58. The maximum Gasteiger partial charge on any atom is 0.425 e. The first-order chi connectivity index (χ1) is 3.73. The van der Waals surface area contributed by atoms with Gasteiger partial charge in [0.1, 0.15) is 0 Å². The SMILES string of the molecule is C1COC1.O=S(=O)=O. The van der Waals surface area contributed by atoms with Crippen LogP contribution in [0.3, 0.4) is 0 Å². The second-order valence-electron chi connectivity index (χ2n) is 1.17. The molecule has 1 aliphatic rings. The highest BCUT2D eigenvalue weighted by Crippen LogP contribution is 1.93. The summed E-state index contributed by atoms with van der Waals surface area (Å²) in [4.78, 5) is 0. The fourth-order valence-electron chi connectivity index (χ4n) is 0.144. The van der Waals surface area contributed by atoms with Crippen molar-refractivity contribution in [3.8, 4) is 0 Å². The molecule has 1 aliphatic heterocycles. The van der Waals surface area contributed by atoms with Crippen LogP contribution in [0.4, 0.5) is 0 Å². The van der Waals surface area contributed by atoms with E-state index in [1.807, 2.05) is 0 Å². The molecule has 1 heterocycles. The number of hydrogen-bond donors (Lipinski definition) is 0. The van der Waals surface area contributed by atoms with Gasteiger partial charge < -0.3 is 4.74 Å². The summed E-state index contributed by atoms with van der Waals surface area (Å²) in [5.41, 5.74) is 0. The van der Waals surface area contributed by atoms with Crippen LogP contribution in [-0.2, 0) is 15.3 Å². The monoisotopic (exact) mass is 138 g/mol. The third kappa shape index (κ3) is 9.13. The molecule has 0 aromatic carbocycles. The van der Waals surface area contributed by atoms with Crippen molar-refractivity contribution in [1.29, 1.82) is 0 Å². The van der Waals surface area contributed by atoms with Crippen molar-refractivity contribution in [2.75, 3.05) is 13.2 Å². The molecule has 4 nitrogen and oxygen atoms in total. The van der Waals surface area contributed by atoms with Crippen molar-refractivity contribution in [1.82, 2.24) is 0 Å². The number of hydrogen-bond acceptors (Lipinski definition) is 4. The van der Waals surface area contributed by atoms with Gasteiger partial charge in [0.25, 0.3) is 0 Å². The zero-order chi connectivity index (χ0) is 6.41. The highest BCUT2D eigenvalue weighted by molar-refractivity contribution is 7.59. The first-order valence-corrected chi connectivity index (χ1v) is 3.08. The Morgan fingerprint density at radius 3 is 1.25 bits per heavy atom. The van der Waals surface area contributed by atoms with E-state index in [4.69, 9.17) is 17.4 Å². The highest BCUT2D eigenvalue weighted by atomic mass is 32.2. The van der Waals surface area contributed by atoms with Crippen LogP contribution in [0.1, 0.15) is 6.42 Å². The van der Waals surface area contributed by atoms with Gasteiger partial charge in [0.15, 0.2) is 0 Å². The Morgan fingerprint density at radius 2 is 1.25 bits per heavy atom. The number of rotatable bonds is 0. The average Bonchev–Trinajstić information content (AvgIpc) is 1.19. The topological polar surface area (TPSA) is 60.4 Å². The maximum absolute atomic E-state index is 8.44. The fourth-order valence-corrected chi connectivity index (χ4v) is 0.144. The van der Waals surface area contributed by atoms with E-state index in [2.05, 4.69) is 0 Å². The average molecular weight is 138 g/mol. The van der Waals surface area contributed by atoms with Gasteiger partial charge in [0.05, 0.1) is 0 Å². The minimum absolute atomic E-state index is 1.00. The van der Waals surface area contributed by atoms with E-state index in [1.165, 1.54) is 6.42 Å². The first-order valence-electron chi connectivity index (χ1n) is 2.08. The van der Waals surface area contributed by atoms with Gasteiger partial charge in [0, 0.05) is 13.2 Å². The van der Waals surface area contributed by atoms with Crippen LogP contribution >= 0.6 is 0 Å². The molecule has 8 heavy (non-hydrogen) atoms. The Bertz CT molecular complexity index is 117. The molecule has 1 fully saturated rings. The Kier molecular flexibility index (Phi) is 4.48. The summed E-state index contributed by atoms with van der Waals surface area (Å²) in [6.07, 6.45) is 1.28. The lowest BCUT2D eigenvalue weighted by Crippen LogP contribution is -2.09. The summed E-state index contributed by atoms with van der Waals surface area (Å²) in [6.45, 7) is 2.00. The second kappa shape index (κ2) is 4.73. The molecule has 0 atom stereocenters. The Hall–Kier alpha value is -0.420. The number of ether oxygens (including phenoxy) is 1. The molecule has 0 aliphatic carbocycles. The van der Waals surface area contributed by atoms with Crippen LogP contribution in [-0.4, -0.2) is 25.8 Å². The fraction of sp³-hybridized carbons (Fsp3) is 1.00. The lowest BCUT2D eigenvalue weighted by Gasteiger charge is -2.09. The molecular formula is C3H6O4S. The van der Waals surface area contributed by atoms with Crippen molar-refractivity contribution in [3.63, 3.8) is 0 Å². The predicted molar refractivity (Wildman–Crippen MR) is 25.1 cm³/mol. The summed E-state index contributed by atoms with van der Waals surface area (Å²) in [6, 6.07) is 0. The van der Waals surface area contributed by atoms with Gasteiger partial charge in [-0.3, -0.25) is 0 Å². The highest BCUT2D eigenvalue weighted by Gasteiger charge is 1.94. The molecule has 0 bridgehead atoms. The van der Waals surface area contributed by atoms with Crippen LogP contribution in [0.25, 0.3) is 0 Å². The maximum atomic E-state index is 8.44. The molecule has 48 valence electrons. The second-order valence-corrected chi connectivity index (χ2v) is 1.58. The van der Waals surface area contributed by atoms with Gasteiger partial charge in [0.2, 0.25) is 0 Å². The zero-order valence-corrected chi connectivity index (χ0v) is 4.98. The minimum Gasteiger partial charge on any atom is -0.381 e. The molecule has 1 saturated heterocycles. The molecule has 0 amide bonds. The lowest BCUT2D eigenvalue weighted by atomic mass is 10.4. The van der Waals surface area contributed by atoms with E-state index >= 15 is 0 Å². The van der Waals surface area contributed by atoms with Gasteiger partial charge in [-0.2, -0.15) is 0 Å². The van der Waals surface area contributed by atoms with Crippen LogP contribution < -0.4 is 0 Å². The largest absolute Gasteiger partial charge is 0.425 e. The van der Waals surface area contributed by atoms with E-state index in [1.54, 1.807) is 0 Å². The zero-order valence-electron chi connectivity index (χ0n) is 4.16. The van der Waals surface area contributed by atoms with Crippen molar-refractivity contribution >= 4 is 10.6 Å². The predicted octanol–water partition coefficient (Wildman–Crippen LogP) is -0.597. The molecular weight excluding hydrogens is 132 g/mol. The summed E-state index contributed by atoms with van der Waals surface area (Å²) in [5.74, 6) is 0. The van der Waals surface area contributed by atoms with Gasteiger partial charge in [-0.05, 0) is 6.42 Å². The Balaban J connectivity index is 0.000000122. The summed E-state index contributed by atoms with van der Waals surface area (Å²) >= 11 is 0. The molecule has 0 aromatic rings. The van der Waals surface area contributed by atoms with Crippen LogP contribution in [0.5, 0.6) is 0 Å². The normalized spacial score (nSPS) is 15.0. The van der Waals surface area contributed by atoms with E-state index in [9.17, 15) is 0 Å². The van der Waals surface area contributed by atoms with Gasteiger partial charge in [-0.1, -0.05) is 0 Å². The molecule has 5 heteroatoms. The van der Waals surface area contributed by atoms with Crippen LogP contribution in [0.15, 0.2) is 0 Å². The summed E-state index contributed by atoms with van der Waals surface area (Å²) in [5, 5.41) is 0. The molecule has 0 aromatic heterocycles. The molecule has 0 N–H and O–H groups in total. The third-order valence-electron chi connectivity index (χ3n) is 0.577. The van der Waals surface area contributed by atoms with E-state index in [0.717, 1.165) is 13.2 Å². The molecule has 0 spiro atoms. The Labute approximate surface area is 48.5 Å². The minimum atomic E-state index is -3.11. The van der Waals surface area contributed by atoms with Crippen molar-refractivity contribution in [2.45, 2.75) is 6.42 Å². The van der Waals surface area contributed by atoms with Crippen molar-refractivity contribution in [2.24, 2.45) is 0 Å². The van der Waals surface area contributed by atoms with Gasteiger partial charge in [-0.15, -0.1) is 12.6 Å². The van der Waals surface area contributed by atoms with Crippen LogP contribution in [0, 0.1) is 0 Å². The van der Waals surface area contributed by atoms with E-state index < -0.39 is 10.6 Å². The smallest absolute Gasteiger partial charge is 0.381 e. The molecule has 0 radical (unpaired) electrons. The Morgan fingerprint density at radius 1 is 1.12 bits per heavy atom. The van der Waals surface area contributed by atoms with Gasteiger partial charge >= 0.3 is 10.6 Å². The molecule has 0 saturated carbocycles. The summed E-state index contributed by atoms with van der Waals surface area (Å²) < 4.78 is 30.1. The van der Waals surface area contributed by atoms with E-state index in [0.29, 0.717) is 0 Å². The van der Waals surface area contributed by atoms with Crippen LogP contribution in [0.2, 0.25) is 0 Å². The van der Waals surface area contributed by atoms with Crippen molar-refractivity contribution < 1.29 is 17.4 Å².